The first-order chi connectivity index (χ1) is 8.62. The number of ketones is 1. The monoisotopic (exact) mass is 267 g/mol. The van der Waals surface area contributed by atoms with Crippen LogP contribution in [0.15, 0.2) is 0 Å². The number of carbonyl (C=O) groups is 1. The van der Waals surface area contributed by atoms with Crippen molar-refractivity contribution >= 4 is 5.78 Å². The summed E-state index contributed by atoms with van der Waals surface area (Å²) in [5.41, 5.74) is -0.257. The Bertz CT molecular complexity index is 351. The van der Waals surface area contributed by atoms with E-state index in [4.69, 9.17) is 4.74 Å². The van der Waals surface area contributed by atoms with E-state index in [1.54, 1.807) is 0 Å². The summed E-state index contributed by atoms with van der Waals surface area (Å²) in [7, 11) is 0. The highest BCUT2D eigenvalue weighted by molar-refractivity contribution is 5.89. The van der Waals surface area contributed by atoms with Crippen molar-refractivity contribution in [2.24, 2.45) is 11.3 Å². The lowest BCUT2D eigenvalue weighted by Gasteiger charge is -2.40. The normalized spacial score (nSPS) is 33.3. The van der Waals surface area contributed by atoms with E-state index < -0.39 is 0 Å². The number of Topliss-reactive ketones (excluding diaryl/α,β-unsaturated/α-hetero) is 1. The van der Waals surface area contributed by atoms with E-state index in [1.165, 1.54) is 0 Å². The van der Waals surface area contributed by atoms with Crippen molar-refractivity contribution in [3.05, 3.63) is 0 Å². The van der Waals surface area contributed by atoms with Gasteiger partial charge in [-0.25, -0.2) is 0 Å². The SMILES string of the molecule is CC(C)(C)C(=O)C1C2CCCOC2CN1C(C)(C)C. The average Bonchev–Trinajstić information content (AvgIpc) is 2.65. The molecule has 0 aliphatic carbocycles. The molecule has 0 saturated carbocycles. The second-order valence-electron chi connectivity index (χ2n) is 8.10. The molecule has 2 aliphatic heterocycles. The largest absolute Gasteiger partial charge is 0.377 e. The van der Waals surface area contributed by atoms with Gasteiger partial charge in [-0.1, -0.05) is 20.8 Å². The zero-order chi connectivity index (χ0) is 14.4. The van der Waals surface area contributed by atoms with Crippen LogP contribution in [0.25, 0.3) is 0 Å². The van der Waals surface area contributed by atoms with Gasteiger partial charge in [-0.15, -0.1) is 0 Å². The van der Waals surface area contributed by atoms with Gasteiger partial charge in [-0.2, -0.15) is 0 Å². The molecule has 2 heterocycles. The second-order valence-corrected chi connectivity index (χ2v) is 8.10. The fourth-order valence-corrected chi connectivity index (χ4v) is 3.42. The predicted molar refractivity (Wildman–Crippen MR) is 77.2 cm³/mol. The Kier molecular flexibility index (Phi) is 3.83. The van der Waals surface area contributed by atoms with Crippen LogP contribution < -0.4 is 0 Å². The lowest BCUT2D eigenvalue weighted by Crippen LogP contribution is -2.52. The Morgan fingerprint density at radius 1 is 1.16 bits per heavy atom. The van der Waals surface area contributed by atoms with Crippen LogP contribution in [0.5, 0.6) is 0 Å². The molecule has 3 nitrogen and oxygen atoms in total. The van der Waals surface area contributed by atoms with Crippen LogP contribution in [-0.4, -0.2) is 41.5 Å². The molecule has 3 unspecified atom stereocenters. The van der Waals surface area contributed by atoms with Crippen molar-refractivity contribution in [3.8, 4) is 0 Å². The van der Waals surface area contributed by atoms with Gasteiger partial charge in [0.15, 0.2) is 5.78 Å². The minimum atomic E-state index is -0.277. The smallest absolute Gasteiger partial charge is 0.155 e. The van der Waals surface area contributed by atoms with Crippen molar-refractivity contribution in [1.82, 2.24) is 4.90 Å². The zero-order valence-corrected chi connectivity index (χ0v) is 13.3. The minimum absolute atomic E-state index is 0.0201. The van der Waals surface area contributed by atoms with E-state index in [0.29, 0.717) is 11.7 Å². The van der Waals surface area contributed by atoms with Gasteiger partial charge in [-0.3, -0.25) is 9.69 Å². The van der Waals surface area contributed by atoms with Gasteiger partial charge in [0.05, 0.1) is 12.1 Å². The third-order valence-electron chi connectivity index (χ3n) is 4.48. The first kappa shape index (κ1) is 15.0. The van der Waals surface area contributed by atoms with Crippen molar-refractivity contribution in [2.45, 2.75) is 72.1 Å². The number of hydrogen-bond donors (Lipinski definition) is 0. The average molecular weight is 267 g/mol. The molecule has 19 heavy (non-hydrogen) atoms. The predicted octanol–water partition coefficient (Wildman–Crippen LogP) is 2.88. The molecule has 2 aliphatic rings. The van der Waals surface area contributed by atoms with Crippen LogP contribution >= 0.6 is 0 Å². The summed E-state index contributed by atoms with van der Waals surface area (Å²) >= 11 is 0. The molecule has 0 aromatic rings. The summed E-state index contributed by atoms with van der Waals surface area (Å²) in [6, 6.07) is 0.0327. The Morgan fingerprint density at radius 3 is 2.32 bits per heavy atom. The Morgan fingerprint density at radius 2 is 1.79 bits per heavy atom. The number of fused-ring (bicyclic) bond motifs is 1. The Labute approximate surface area is 117 Å². The maximum atomic E-state index is 12.9. The molecule has 110 valence electrons. The van der Waals surface area contributed by atoms with E-state index in [9.17, 15) is 4.79 Å². The van der Waals surface area contributed by atoms with Crippen LogP contribution in [0.1, 0.15) is 54.4 Å². The fourth-order valence-electron chi connectivity index (χ4n) is 3.42. The maximum Gasteiger partial charge on any atom is 0.155 e. The molecular formula is C16H29NO2. The summed E-state index contributed by atoms with van der Waals surface area (Å²) in [6.07, 6.45) is 2.47. The molecule has 0 aromatic carbocycles. The number of nitrogens with zero attached hydrogens (tertiary/aromatic N) is 1. The zero-order valence-electron chi connectivity index (χ0n) is 13.3. The Hall–Kier alpha value is -0.410. The van der Waals surface area contributed by atoms with Gasteiger partial charge in [0, 0.05) is 30.0 Å². The van der Waals surface area contributed by atoms with Crippen molar-refractivity contribution in [3.63, 3.8) is 0 Å². The molecule has 0 radical (unpaired) electrons. The second kappa shape index (κ2) is 4.85. The van der Waals surface area contributed by atoms with Crippen LogP contribution in [0.3, 0.4) is 0 Å². The van der Waals surface area contributed by atoms with E-state index >= 15 is 0 Å². The third kappa shape index (κ3) is 2.87. The lowest BCUT2D eigenvalue weighted by atomic mass is 9.78. The van der Waals surface area contributed by atoms with Gasteiger partial charge < -0.3 is 4.74 Å². The molecule has 0 bridgehead atoms. The summed E-state index contributed by atoms with van der Waals surface area (Å²) in [5, 5.41) is 0. The lowest BCUT2D eigenvalue weighted by molar-refractivity contribution is -0.134. The molecule has 3 heteroatoms. The van der Waals surface area contributed by atoms with Crippen LogP contribution in [0.2, 0.25) is 0 Å². The van der Waals surface area contributed by atoms with Gasteiger partial charge in [0.1, 0.15) is 0 Å². The molecule has 0 amide bonds. The Balaban J connectivity index is 2.31. The van der Waals surface area contributed by atoms with Gasteiger partial charge in [0.2, 0.25) is 0 Å². The van der Waals surface area contributed by atoms with E-state index in [1.807, 2.05) is 20.8 Å². The minimum Gasteiger partial charge on any atom is -0.377 e. The van der Waals surface area contributed by atoms with E-state index in [2.05, 4.69) is 25.7 Å². The van der Waals surface area contributed by atoms with Gasteiger partial charge >= 0.3 is 0 Å². The topological polar surface area (TPSA) is 29.5 Å². The number of rotatable bonds is 1. The number of ether oxygens (including phenoxy) is 1. The maximum absolute atomic E-state index is 12.9. The van der Waals surface area contributed by atoms with Crippen LogP contribution in [-0.2, 0) is 9.53 Å². The van der Waals surface area contributed by atoms with Crippen molar-refractivity contribution < 1.29 is 9.53 Å². The van der Waals surface area contributed by atoms with Gasteiger partial charge in [0.25, 0.3) is 0 Å². The van der Waals surface area contributed by atoms with Crippen LogP contribution in [0.4, 0.5) is 0 Å². The highest BCUT2D eigenvalue weighted by Gasteiger charge is 2.51. The van der Waals surface area contributed by atoms with Crippen molar-refractivity contribution in [1.29, 1.82) is 0 Å². The molecule has 0 aromatic heterocycles. The van der Waals surface area contributed by atoms with Gasteiger partial charge in [-0.05, 0) is 33.6 Å². The number of carbonyl (C=O) groups excluding carboxylic acids is 1. The molecule has 0 N–H and O–H groups in total. The molecule has 2 rings (SSSR count). The standard InChI is InChI=1S/C16H29NO2/c1-15(2,3)14(18)13-11-8-7-9-19-12(11)10-17(13)16(4,5)6/h11-13H,7-10H2,1-6H3. The summed E-state index contributed by atoms with van der Waals surface area (Å²) in [6.45, 7) is 14.5. The van der Waals surface area contributed by atoms with Crippen molar-refractivity contribution in [2.75, 3.05) is 13.2 Å². The first-order valence-corrected chi connectivity index (χ1v) is 7.55. The summed E-state index contributed by atoms with van der Waals surface area (Å²) in [5.74, 6) is 0.764. The van der Waals surface area contributed by atoms with E-state index in [-0.39, 0.29) is 23.1 Å². The molecule has 2 saturated heterocycles. The third-order valence-corrected chi connectivity index (χ3v) is 4.48. The molecule has 0 spiro atoms. The molecule has 3 atom stereocenters. The number of likely N-dealkylation sites (tertiary alicyclic amines) is 1. The highest BCUT2D eigenvalue weighted by atomic mass is 16.5. The number of hydrogen-bond acceptors (Lipinski definition) is 3. The van der Waals surface area contributed by atoms with Crippen LogP contribution in [0, 0.1) is 11.3 Å². The van der Waals surface area contributed by atoms with E-state index in [0.717, 1.165) is 26.0 Å². The molecular weight excluding hydrogens is 238 g/mol. The molecule has 2 fully saturated rings. The summed E-state index contributed by atoms with van der Waals surface area (Å²) in [4.78, 5) is 15.3. The first-order valence-electron chi connectivity index (χ1n) is 7.55. The summed E-state index contributed by atoms with van der Waals surface area (Å²) < 4.78 is 5.93. The fraction of sp³-hybridized carbons (Fsp3) is 0.938. The quantitative estimate of drug-likeness (QED) is 0.731. The highest BCUT2D eigenvalue weighted by Crippen LogP contribution is 2.40.